The molecule has 1 aromatic carbocycles. The average molecular weight is 522 g/mol. The van der Waals surface area contributed by atoms with E-state index < -0.39 is 17.5 Å². The van der Waals surface area contributed by atoms with Crippen LogP contribution in [0.4, 0.5) is 15.1 Å². The summed E-state index contributed by atoms with van der Waals surface area (Å²) in [6, 6.07) is 4.54. The van der Waals surface area contributed by atoms with Crippen LogP contribution in [0.2, 0.25) is 0 Å². The molecule has 2 N–H and O–H groups in total. The van der Waals surface area contributed by atoms with Gasteiger partial charge in [-0.25, -0.2) is 24.1 Å². The lowest BCUT2D eigenvalue weighted by Gasteiger charge is -2.28. The van der Waals surface area contributed by atoms with Gasteiger partial charge in [-0.2, -0.15) is 5.10 Å². The van der Waals surface area contributed by atoms with Gasteiger partial charge in [-0.1, -0.05) is 0 Å². The van der Waals surface area contributed by atoms with E-state index in [0.29, 0.717) is 41.2 Å². The Morgan fingerprint density at radius 1 is 1.34 bits per heavy atom. The first-order chi connectivity index (χ1) is 17.9. The minimum Gasteiger partial charge on any atom is -0.493 e. The number of fused-ring (bicyclic) bond motifs is 2. The van der Waals surface area contributed by atoms with Gasteiger partial charge in [0.15, 0.2) is 5.65 Å². The van der Waals surface area contributed by atoms with Crippen LogP contribution in [-0.4, -0.2) is 42.5 Å². The maximum Gasteiger partial charge on any atom is 0.417 e. The van der Waals surface area contributed by atoms with E-state index in [0.717, 1.165) is 17.0 Å². The molecule has 0 aliphatic carbocycles. The number of halogens is 1. The minimum atomic E-state index is -0.785. The molecule has 10 nitrogen and oxygen atoms in total. The highest BCUT2D eigenvalue weighted by Gasteiger charge is 2.31. The maximum atomic E-state index is 15.2. The zero-order chi connectivity index (χ0) is 27.4. The normalized spacial score (nSPS) is 13.9. The second-order valence-electron chi connectivity index (χ2n) is 10.6. The fraction of sp³-hybridized carbons (Fsp3) is 0.407. The topological polar surface area (TPSA) is 113 Å². The van der Waals surface area contributed by atoms with Crippen LogP contribution in [0.3, 0.4) is 0 Å². The maximum absolute atomic E-state index is 15.2. The van der Waals surface area contributed by atoms with Crippen molar-refractivity contribution in [2.45, 2.75) is 59.2 Å². The lowest BCUT2D eigenvalue weighted by molar-refractivity contribution is 0.0574. The molecule has 11 heteroatoms. The molecule has 1 atom stereocenters. The van der Waals surface area contributed by atoms with Crippen LogP contribution in [0.15, 0.2) is 30.6 Å². The van der Waals surface area contributed by atoms with Crippen molar-refractivity contribution in [3.05, 3.63) is 58.9 Å². The minimum absolute atomic E-state index is 0.106. The molecule has 0 saturated carbocycles. The molecule has 0 bridgehead atoms. The third kappa shape index (κ3) is 4.69. The molecule has 4 heterocycles. The molecule has 1 amide bonds. The summed E-state index contributed by atoms with van der Waals surface area (Å²) in [5.41, 5.74) is 10.0. The molecular weight excluding hydrogens is 489 g/mol. The molecule has 0 saturated heterocycles. The summed E-state index contributed by atoms with van der Waals surface area (Å²) < 4.78 is 30.0. The number of anilines is 1. The predicted octanol–water partition coefficient (Wildman–Crippen LogP) is 4.47. The molecule has 0 radical (unpaired) electrons. The molecule has 0 spiro atoms. The Morgan fingerprint density at radius 3 is 2.76 bits per heavy atom. The van der Waals surface area contributed by atoms with Crippen molar-refractivity contribution in [1.29, 1.82) is 0 Å². The van der Waals surface area contributed by atoms with E-state index in [1.54, 1.807) is 48.3 Å². The van der Waals surface area contributed by atoms with E-state index in [4.69, 9.17) is 20.2 Å². The van der Waals surface area contributed by atoms with Crippen molar-refractivity contribution in [3.8, 4) is 17.0 Å². The molecule has 38 heavy (non-hydrogen) atoms. The highest BCUT2D eigenvalue weighted by atomic mass is 19.1. The standard InChI is InChI=1S/C27H32FN7O3/c1-15-11-22(33(6)32-15)18-12-30-25(34-14-21(16(2)29)31-24(18)34)35(26(36)38-27(3,4)5)13-19-17-9-10-37-23(17)8-7-20(19)28/h7-8,11-12,14,16H,9-10,13,29H2,1-6H3. The number of hydrogen-bond acceptors (Lipinski definition) is 7. The second-order valence-corrected chi connectivity index (χ2v) is 10.6. The molecule has 0 fully saturated rings. The van der Waals surface area contributed by atoms with E-state index in [1.165, 1.54) is 11.0 Å². The van der Waals surface area contributed by atoms with Crippen molar-refractivity contribution in [2.75, 3.05) is 11.5 Å². The molecule has 1 aliphatic heterocycles. The average Bonchev–Trinajstić information content (AvgIpc) is 3.55. The van der Waals surface area contributed by atoms with Crippen LogP contribution >= 0.6 is 0 Å². The Bertz CT molecular complexity index is 1530. The first-order valence-electron chi connectivity index (χ1n) is 12.5. The molecule has 4 aromatic rings. The van der Waals surface area contributed by atoms with Gasteiger partial charge < -0.3 is 15.2 Å². The number of carbonyl (C=O) groups is 1. The third-order valence-electron chi connectivity index (χ3n) is 6.35. The largest absolute Gasteiger partial charge is 0.493 e. The predicted molar refractivity (Wildman–Crippen MR) is 141 cm³/mol. The number of carbonyl (C=O) groups excluding carboxylic acids is 1. The highest BCUT2D eigenvalue weighted by molar-refractivity contribution is 5.87. The Balaban J connectivity index is 1.70. The summed E-state index contributed by atoms with van der Waals surface area (Å²) in [6.07, 6.45) is 3.28. The molecule has 1 unspecified atom stereocenters. The van der Waals surface area contributed by atoms with Crippen LogP contribution in [-0.2, 0) is 24.8 Å². The quantitative estimate of drug-likeness (QED) is 0.412. The van der Waals surface area contributed by atoms with Crippen molar-refractivity contribution >= 4 is 17.7 Å². The third-order valence-corrected chi connectivity index (χ3v) is 6.35. The summed E-state index contributed by atoms with van der Waals surface area (Å²) in [6.45, 7) is 9.42. The number of aryl methyl sites for hydroxylation is 2. The van der Waals surface area contributed by atoms with Gasteiger partial charge in [0.25, 0.3) is 0 Å². The smallest absolute Gasteiger partial charge is 0.417 e. The summed E-state index contributed by atoms with van der Waals surface area (Å²) >= 11 is 0. The van der Waals surface area contributed by atoms with Crippen LogP contribution in [0.1, 0.15) is 56.3 Å². The number of rotatable bonds is 5. The highest BCUT2D eigenvalue weighted by Crippen LogP contribution is 2.34. The van der Waals surface area contributed by atoms with Gasteiger partial charge in [-0.15, -0.1) is 0 Å². The van der Waals surface area contributed by atoms with Crippen LogP contribution in [0, 0.1) is 12.7 Å². The first-order valence-corrected chi connectivity index (χ1v) is 12.5. The second kappa shape index (κ2) is 9.39. The van der Waals surface area contributed by atoms with E-state index in [-0.39, 0.29) is 18.5 Å². The number of nitrogens with two attached hydrogens (primary N) is 1. The van der Waals surface area contributed by atoms with Crippen molar-refractivity contribution < 1.29 is 18.7 Å². The fourth-order valence-corrected chi connectivity index (χ4v) is 4.62. The molecule has 5 rings (SSSR count). The van der Waals surface area contributed by atoms with E-state index in [1.807, 2.05) is 27.0 Å². The zero-order valence-electron chi connectivity index (χ0n) is 22.4. The zero-order valence-corrected chi connectivity index (χ0v) is 22.4. The molecular formula is C27H32FN7O3. The fourth-order valence-electron chi connectivity index (χ4n) is 4.62. The number of hydrogen-bond donors (Lipinski definition) is 1. The lowest BCUT2D eigenvalue weighted by atomic mass is 10.0. The van der Waals surface area contributed by atoms with E-state index in [9.17, 15) is 4.79 Å². The number of benzene rings is 1. The SMILES string of the molecule is Cc1cc(-c2cnc(N(Cc3c(F)ccc4c3CCO4)C(=O)OC(C)(C)C)n3cc(C(C)N)nc23)n(C)n1. The van der Waals surface area contributed by atoms with E-state index in [2.05, 4.69) is 10.1 Å². The van der Waals surface area contributed by atoms with Gasteiger partial charge in [0, 0.05) is 43.0 Å². The van der Waals surface area contributed by atoms with Crippen LogP contribution in [0.25, 0.3) is 16.9 Å². The van der Waals surface area contributed by atoms with Crippen molar-refractivity contribution in [1.82, 2.24) is 24.1 Å². The number of amides is 1. The molecule has 1 aliphatic rings. The van der Waals surface area contributed by atoms with Gasteiger partial charge in [0.05, 0.1) is 35.8 Å². The van der Waals surface area contributed by atoms with Gasteiger partial charge in [-0.05, 0) is 52.8 Å². The number of imidazole rings is 1. The van der Waals surface area contributed by atoms with Gasteiger partial charge in [-0.3, -0.25) is 9.08 Å². The first kappa shape index (κ1) is 25.7. The number of aromatic nitrogens is 5. The lowest BCUT2D eigenvalue weighted by Crippen LogP contribution is -2.38. The van der Waals surface area contributed by atoms with Gasteiger partial charge in [0.2, 0.25) is 5.95 Å². The Morgan fingerprint density at radius 2 is 2.11 bits per heavy atom. The van der Waals surface area contributed by atoms with Crippen molar-refractivity contribution in [2.24, 2.45) is 12.8 Å². The molecule has 3 aromatic heterocycles. The molecule has 200 valence electrons. The number of ether oxygens (including phenoxy) is 2. The summed E-state index contributed by atoms with van der Waals surface area (Å²) in [5.74, 6) is 0.419. The Hall–Kier alpha value is -3.99. The van der Waals surface area contributed by atoms with E-state index >= 15 is 4.39 Å². The summed E-state index contributed by atoms with van der Waals surface area (Å²) in [4.78, 5) is 24.4. The monoisotopic (exact) mass is 521 g/mol. The Labute approximate surface area is 220 Å². The van der Waals surface area contributed by atoms with Crippen LogP contribution < -0.4 is 15.4 Å². The van der Waals surface area contributed by atoms with Crippen LogP contribution in [0.5, 0.6) is 5.75 Å². The summed E-state index contributed by atoms with van der Waals surface area (Å²) in [5, 5.41) is 4.45. The Kier molecular flexibility index (Phi) is 6.34. The summed E-state index contributed by atoms with van der Waals surface area (Å²) in [7, 11) is 1.84. The number of nitrogens with zero attached hydrogens (tertiary/aromatic N) is 6. The van der Waals surface area contributed by atoms with Crippen molar-refractivity contribution in [3.63, 3.8) is 0 Å². The van der Waals surface area contributed by atoms with Gasteiger partial charge >= 0.3 is 6.09 Å². The van der Waals surface area contributed by atoms with Gasteiger partial charge in [0.1, 0.15) is 17.2 Å².